The van der Waals surface area contributed by atoms with Crippen LogP contribution in [-0.4, -0.2) is 32.9 Å². The number of aryl methyl sites for hydroxylation is 1. The molecule has 6 nitrogen and oxygen atoms in total. The quantitative estimate of drug-likeness (QED) is 0.791. The number of nitrogens with zero attached hydrogens (tertiary/aromatic N) is 6. The Labute approximate surface area is 99.5 Å². The zero-order valence-electron chi connectivity index (χ0n) is 10.2. The third-order valence-corrected chi connectivity index (χ3v) is 2.75. The first-order valence-electron chi connectivity index (χ1n) is 5.59. The van der Waals surface area contributed by atoms with Crippen molar-refractivity contribution >= 4 is 11.5 Å². The van der Waals surface area contributed by atoms with Crippen LogP contribution in [0.1, 0.15) is 25.1 Å². The Bertz CT molecular complexity index is 575. The van der Waals surface area contributed by atoms with Crippen molar-refractivity contribution in [3.63, 3.8) is 0 Å². The van der Waals surface area contributed by atoms with E-state index >= 15 is 0 Å². The van der Waals surface area contributed by atoms with Crippen molar-refractivity contribution in [2.24, 2.45) is 0 Å². The normalized spacial score (nSPS) is 10.5. The summed E-state index contributed by atoms with van der Waals surface area (Å²) in [6, 6.07) is 2.07. The highest BCUT2D eigenvalue weighted by atomic mass is 15.4. The van der Waals surface area contributed by atoms with Gasteiger partial charge in [0, 0.05) is 13.1 Å². The van der Waals surface area contributed by atoms with E-state index in [9.17, 15) is 0 Å². The molecule has 0 saturated carbocycles. The molecule has 0 aliphatic rings. The molecular formula is C11H14N6. The fraction of sp³-hybridized carbons (Fsp3) is 0.455. The van der Waals surface area contributed by atoms with Gasteiger partial charge in [-0.1, -0.05) is 0 Å². The van der Waals surface area contributed by atoms with E-state index in [1.165, 1.54) is 6.20 Å². The van der Waals surface area contributed by atoms with Crippen molar-refractivity contribution in [2.45, 2.75) is 20.8 Å². The van der Waals surface area contributed by atoms with E-state index in [2.05, 4.69) is 40.1 Å². The van der Waals surface area contributed by atoms with Crippen molar-refractivity contribution in [1.29, 1.82) is 5.26 Å². The van der Waals surface area contributed by atoms with Gasteiger partial charge in [0.25, 0.3) is 0 Å². The number of anilines is 1. The Hall–Kier alpha value is -2.16. The van der Waals surface area contributed by atoms with Gasteiger partial charge < -0.3 is 4.90 Å². The van der Waals surface area contributed by atoms with Gasteiger partial charge in [0.1, 0.15) is 17.3 Å². The van der Waals surface area contributed by atoms with Crippen molar-refractivity contribution in [3.8, 4) is 6.07 Å². The van der Waals surface area contributed by atoms with E-state index < -0.39 is 0 Å². The van der Waals surface area contributed by atoms with Crippen LogP contribution in [0.25, 0.3) is 5.65 Å². The van der Waals surface area contributed by atoms with Crippen LogP contribution in [-0.2, 0) is 0 Å². The summed E-state index contributed by atoms with van der Waals surface area (Å²) in [4.78, 5) is 2.14. The summed E-state index contributed by atoms with van der Waals surface area (Å²) in [6.07, 6.45) is 1.52. The van der Waals surface area contributed by atoms with Crippen LogP contribution in [0.4, 0.5) is 5.82 Å². The SMILES string of the molecule is CCN(CC)c1c(C)nnc2c(C#N)cnn12. The van der Waals surface area contributed by atoms with Crippen molar-refractivity contribution in [2.75, 3.05) is 18.0 Å². The molecule has 6 heteroatoms. The molecule has 88 valence electrons. The highest BCUT2D eigenvalue weighted by Gasteiger charge is 2.15. The first-order chi connectivity index (χ1) is 8.22. The largest absolute Gasteiger partial charge is 0.355 e. The van der Waals surface area contributed by atoms with Gasteiger partial charge in [-0.05, 0) is 20.8 Å². The molecule has 0 fully saturated rings. The van der Waals surface area contributed by atoms with Crippen LogP contribution in [0.5, 0.6) is 0 Å². The summed E-state index contributed by atoms with van der Waals surface area (Å²) in [6.45, 7) is 7.77. The van der Waals surface area contributed by atoms with Gasteiger partial charge in [-0.15, -0.1) is 10.2 Å². The van der Waals surface area contributed by atoms with Crippen molar-refractivity contribution < 1.29 is 0 Å². The molecule has 17 heavy (non-hydrogen) atoms. The molecular weight excluding hydrogens is 216 g/mol. The molecule has 0 radical (unpaired) electrons. The minimum atomic E-state index is 0.450. The number of rotatable bonds is 3. The second-order valence-electron chi connectivity index (χ2n) is 3.69. The Kier molecular flexibility index (Phi) is 2.91. The third kappa shape index (κ3) is 1.69. The summed E-state index contributed by atoms with van der Waals surface area (Å²) in [5.74, 6) is 0.904. The predicted octanol–water partition coefficient (Wildman–Crippen LogP) is 1.15. The summed E-state index contributed by atoms with van der Waals surface area (Å²) in [5.41, 5.74) is 1.78. The van der Waals surface area contributed by atoms with Gasteiger partial charge in [-0.2, -0.15) is 14.9 Å². The number of fused-ring (bicyclic) bond motifs is 1. The molecule has 0 aromatic carbocycles. The Balaban J connectivity index is 2.73. The highest BCUT2D eigenvalue weighted by molar-refractivity contribution is 5.59. The summed E-state index contributed by atoms with van der Waals surface area (Å²) < 4.78 is 1.69. The van der Waals surface area contributed by atoms with Gasteiger partial charge in [0.2, 0.25) is 0 Å². The molecule has 0 bridgehead atoms. The van der Waals surface area contributed by atoms with Crippen LogP contribution in [0.2, 0.25) is 0 Å². The molecule has 0 amide bonds. The van der Waals surface area contributed by atoms with E-state index in [1.807, 2.05) is 6.92 Å². The van der Waals surface area contributed by atoms with E-state index in [0.29, 0.717) is 11.2 Å². The first-order valence-corrected chi connectivity index (χ1v) is 5.59. The second-order valence-corrected chi connectivity index (χ2v) is 3.69. The topological polar surface area (TPSA) is 70.1 Å². The predicted molar refractivity (Wildman–Crippen MR) is 63.8 cm³/mol. The molecule has 0 aliphatic carbocycles. The van der Waals surface area contributed by atoms with Gasteiger partial charge >= 0.3 is 0 Å². The Morgan fingerprint density at radius 3 is 2.65 bits per heavy atom. The van der Waals surface area contributed by atoms with E-state index in [0.717, 1.165) is 24.6 Å². The lowest BCUT2D eigenvalue weighted by Crippen LogP contribution is -2.26. The lowest BCUT2D eigenvalue weighted by atomic mass is 10.3. The molecule has 0 N–H and O–H groups in total. The minimum absolute atomic E-state index is 0.450. The standard InChI is InChI=1S/C11H14N6/c1-4-16(5-2)11-8(3)14-15-10-9(6-12)7-13-17(10)11/h7H,4-5H2,1-3H3. The van der Waals surface area contributed by atoms with Gasteiger partial charge in [-0.3, -0.25) is 0 Å². The van der Waals surface area contributed by atoms with Crippen LogP contribution in [0.15, 0.2) is 6.20 Å². The fourth-order valence-electron chi connectivity index (χ4n) is 1.88. The minimum Gasteiger partial charge on any atom is -0.355 e. The second kappa shape index (κ2) is 4.37. The highest BCUT2D eigenvalue weighted by Crippen LogP contribution is 2.19. The maximum atomic E-state index is 8.95. The molecule has 0 unspecified atom stereocenters. The van der Waals surface area contributed by atoms with Crippen molar-refractivity contribution in [3.05, 3.63) is 17.5 Å². The summed E-state index contributed by atoms with van der Waals surface area (Å²) >= 11 is 0. The van der Waals surface area contributed by atoms with Gasteiger partial charge in [0.05, 0.1) is 6.20 Å². The number of nitriles is 1. The summed E-state index contributed by atoms with van der Waals surface area (Å²) in [5, 5.41) is 21.3. The molecule has 0 aliphatic heterocycles. The van der Waals surface area contributed by atoms with E-state index in [1.54, 1.807) is 4.52 Å². The van der Waals surface area contributed by atoms with Gasteiger partial charge in [0.15, 0.2) is 11.5 Å². The lowest BCUT2D eigenvalue weighted by molar-refractivity contribution is 0.769. The molecule has 2 rings (SSSR count). The number of aromatic nitrogens is 4. The first kappa shape index (κ1) is 11.3. The smallest absolute Gasteiger partial charge is 0.197 e. The van der Waals surface area contributed by atoms with Crippen LogP contribution >= 0.6 is 0 Å². The van der Waals surface area contributed by atoms with Crippen molar-refractivity contribution in [1.82, 2.24) is 19.8 Å². The molecule has 2 aromatic heterocycles. The zero-order valence-corrected chi connectivity index (χ0v) is 10.2. The van der Waals surface area contributed by atoms with Crippen LogP contribution in [0, 0.1) is 18.3 Å². The molecule has 0 spiro atoms. The molecule has 0 saturated heterocycles. The average Bonchev–Trinajstić information content (AvgIpc) is 2.76. The number of hydrogen-bond donors (Lipinski definition) is 0. The average molecular weight is 230 g/mol. The molecule has 2 heterocycles. The molecule has 0 atom stereocenters. The lowest BCUT2D eigenvalue weighted by Gasteiger charge is -2.22. The van der Waals surface area contributed by atoms with Crippen LogP contribution < -0.4 is 4.90 Å². The van der Waals surface area contributed by atoms with E-state index in [-0.39, 0.29) is 0 Å². The maximum absolute atomic E-state index is 8.95. The molecule has 2 aromatic rings. The maximum Gasteiger partial charge on any atom is 0.197 e. The van der Waals surface area contributed by atoms with E-state index in [4.69, 9.17) is 5.26 Å². The van der Waals surface area contributed by atoms with Gasteiger partial charge in [-0.25, -0.2) is 0 Å². The monoisotopic (exact) mass is 230 g/mol. The fourth-order valence-corrected chi connectivity index (χ4v) is 1.88. The number of hydrogen-bond acceptors (Lipinski definition) is 5. The van der Waals surface area contributed by atoms with Crippen LogP contribution in [0.3, 0.4) is 0 Å². The Morgan fingerprint density at radius 1 is 1.35 bits per heavy atom. The zero-order chi connectivity index (χ0) is 12.4. The third-order valence-electron chi connectivity index (χ3n) is 2.75. The summed E-state index contributed by atoms with van der Waals surface area (Å²) in [7, 11) is 0. The Morgan fingerprint density at radius 2 is 2.06 bits per heavy atom.